The Bertz CT molecular complexity index is 1580. The molecule has 0 saturated carbocycles. The van der Waals surface area contributed by atoms with Crippen LogP contribution in [0.2, 0.25) is 0 Å². The lowest BCUT2D eigenvalue weighted by molar-refractivity contribution is 0.0542. The highest BCUT2D eigenvalue weighted by molar-refractivity contribution is 7.14. The van der Waals surface area contributed by atoms with Gasteiger partial charge in [-0.3, -0.25) is 9.97 Å². The minimum Gasteiger partial charge on any atom is -0.384 e. The van der Waals surface area contributed by atoms with Crippen LogP contribution in [0.15, 0.2) is 35.1 Å². The van der Waals surface area contributed by atoms with Gasteiger partial charge in [-0.15, -0.1) is 0 Å². The average Bonchev–Trinajstić information content (AvgIpc) is 3.54. The van der Waals surface area contributed by atoms with Crippen molar-refractivity contribution in [3.63, 3.8) is 0 Å². The highest BCUT2D eigenvalue weighted by Crippen LogP contribution is 2.45. The van der Waals surface area contributed by atoms with Crippen LogP contribution in [0.3, 0.4) is 0 Å². The van der Waals surface area contributed by atoms with Crippen molar-refractivity contribution in [2.45, 2.75) is 59.1 Å². The molecule has 8 nitrogen and oxygen atoms in total. The fourth-order valence-electron chi connectivity index (χ4n) is 5.71. The molecular formula is C28H31N5O3S. The van der Waals surface area contributed by atoms with Crippen LogP contribution < -0.4 is 0 Å². The number of rotatable bonds is 5. The first-order valence-electron chi connectivity index (χ1n) is 12.7. The Morgan fingerprint density at radius 1 is 1.16 bits per heavy atom. The van der Waals surface area contributed by atoms with Crippen LogP contribution in [0.25, 0.3) is 32.4 Å². The zero-order valence-corrected chi connectivity index (χ0v) is 22.6. The predicted octanol–water partition coefficient (Wildman–Crippen LogP) is 5.86. The standard InChI is InChI=1S/C28H31N5O3S/c1-15-7-6-10-29-22(15)24(18-8-11-35-12-9-18)33-20-13-19(21-16(2)31-36-17(21)3)14-30-23(20)26-25(33)27(32-37-26)28(4,5)34/h6-7,10,13-14,18,24,34H,8-9,11-12H2,1-5H3. The maximum atomic E-state index is 11.2. The van der Waals surface area contributed by atoms with Crippen LogP contribution in [0.1, 0.15) is 61.1 Å². The number of pyridine rings is 2. The zero-order valence-electron chi connectivity index (χ0n) is 21.8. The van der Waals surface area contributed by atoms with E-state index in [-0.39, 0.29) is 6.04 Å². The molecule has 0 bridgehead atoms. The van der Waals surface area contributed by atoms with Gasteiger partial charge in [0.2, 0.25) is 0 Å². The Morgan fingerprint density at radius 3 is 2.62 bits per heavy atom. The SMILES string of the molecule is Cc1cccnc1C(C1CCOCC1)n1c2cc(-c3c(C)noc3C)cnc2c2snc(C(C)(C)O)c21. The number of fused-ring (bicyclic) bond motifs is 3. The first kappa shape index (κ1) is 24.2. The van der Waals surface area contributed by atoms with Crippen LogP contribution in [0.4, 0.5) is 0 Å². The van der Waals surface area contributed by atoms with E-state index < -0.39 is 5.60 Å². The van der Waals surface area contributed by atoms with E-state index in [1.54, 1.807) is 13.8 Å². The Labute approximate surface area is 219 Å². The molecule has 5 aromatic heterocycles. The zero-order chi connectivity index (χ0) is 25.9. The maximum Gasteiger partial charge on any atom is 0.141 e. The van der Waals surface area contributed by atoms with Crippen LogP contribution in [-0.4, -0.2) is 42.4 Å². The third kappa shape index (κ3) is 3.96. The van der Waals surface area contributed by atoms with E-state index in [1.807, 2.05) is 32.3 Å². The van der Waals surface area contributed by atoms with Gasteiger partial charge in [0.1, 0.15) is 22.6 Å². The van der Waals surface area contributed by atoms with Gasteiger partial charge >= 0.3 is 0 Å². The lowest BCUT2D eigenvalue weighted by Gasteiger charge is -2.33. The third-order valence-electron chi connectivity index (χ3n) is 7.47. The quantitative estimate of drug-likeness (QED) is 0.311. The molecule has 0 aliphatic carbocycles. The number of aryl methyl sites for hydroxylation is 3. The van der Waals surface area contributed by atoms with Gasteiger partial charge in [0.15, 0.2) is 0 Å². The van der Waals surface area contributed by atoms with Gasteiger partial charge in [0.05, 0.1) is 33.2 Å². The van der Waals surface area contributed by atoms with E-state index >= 15 is 0 Å². The number of hydrogen-bond acceptors (Lipinski definition) is 8. The molecule has 1 N–H and O–H groups in total. The summed E-state index contributed by atoms with van der Waals surface area (Å²) in [6.45, 7) is 11.0. The van der Waals surface area contributed by atoms with Crippen molar-refractivity contribution in [3.05, 3.63) is 59.0 Å². The number of aromatic nitrogens is 5. The molecule has 1 aliphatic heterocycles. The smallest absolute Gasteiger partial charge is 0.141 e. The molecule has 37 heavy (non-hydrogen) atoms. The van der Waals surface area contributed by atoms with Crippen LogP contribution >= 0.6 is 11.5 Å². The minimum atomic E-state index is -1.12. The molecule has 0 spiro atoms. The minimum absolute atomic E-state index is 0.0654. The molecule has 1 atom stereocenters. The lowest BCUT2D eigenvalue weighted by atomic mass is 9.87. The summed E-state index contributed by atoms with van der Waals surface area (Å²) in [5.74, 6) is 1.07. The predicted molar refractivity (Wildman–Crippen MR) is 144 cm³/mol. The first-order valence-corrected chi connectivity index (χ1v) is 13.5. The summed E-state index contributed by atoms with van der Waals surface area (Å²) < 4.78 is 19.3. The summed E-state index contributed by atoms with van der Waals surface area (Å²) >= 11 is 1.39. The Kier molecular flexibility index (Phi) is 5.89. The molecule has 1 unspecified atom stereocenters. The first-order chi connectivity index (χ1) is 17.8. The van der Waals surface area contributed by atoms with Gasteiger partial charge in [0.25, 0.3) is 0 Å². The molecule has 5 aromatic rings. The molecule has 1 fully saturated rings. The summed E-state index contributed by atoms with van der Waals surface area (Å²) in [4.78, 5) is 9.87. The molecule has 0 amide bonds. The highest BCUT2D eigenvalue weighted by Gasteiger charge is 2.36. The Hall–Kier alpha value is -3.14. The van der Waals surface area contributed by atoms with E-state index in [4.69, 9.17) is 23.6 Å². The molecule has 9 heteroatoms. The molecule has 6 heterocycles. The summed E-state index contributed by atoms with van der Waals surface area (Å²) in [5.41, 5.74) is 7.26. The van der Waals surface area contributed by atoms with E-state index in [9.17, 15) is 5.11 Å². The summed E-state index contributed by atoms with van der Waals surface area (Å²) in [7, 11) is 0. The molecule has 192 valence electrons. The van der Waals surface area contributed by atoms with Gasteiger partial charge in [0, 0.05) is 36.7 Å². The Balaban J connectivity index is 1.72. The number of hydrogen-bond donors (Lipinski definition) is 1. The normalized spacial score (nSPS) is 16.2. The molecular weight excluding hydrogens is 486 g/mol. The van der Waals surface area contributed by atoms with Crippen molar-refractivity contribution in [2.75, 3.05) is 13.2 Å². The highest BCUT2D eigenvalue weighted by atomic mass is 32.1. The van der Waals surface area contributed by atoms with E-state index in [2.05, 4.69) is 28.8 Å². The van der Waals surface area contributed by atoms with Crippen LogP contribution in [0, 0.1) is 26.7 Å². The van der Waals surface area contributed by atoms with Crippen molar-refractivity contribution in [1.29, 1.82) is 0 Å². The molecule has 0 radical (unpaired) electrons. The van der Waals surface area contributed by atoms with Crippen molar-refractivity contribution >= 4 is 32.8 Å². The number of aliphatic hydroxyl groups is 1. The molecule has 1 aliphatic rings. The van der Waals surface area contributed by atoms with Crippen molar-refractivity contribution in [3.8, 4) is 11.1 Å². The topological polar surface area (TPSA) is 99.1 Å². The molecule has 0 aromatic carbocycles. The van der Waals surface area contributed by atoms with Gasteiger partial charge in [-0.2, -0.15) is 4.37 Å². The number of nitrogens with zero attached hydrogens (tertiary/aromatic N) is 5. The maximum absolute atomic E-state index is 11.2. The van der Waals surface area contributed by atoms with Crippen molar-refractivity contribution in [2.24, 2.45) is 5.92 Å². The monoisotopic (exact) mass is 517 g/mol. The van der Waals surface area contributed by atoms with Gasteiger partial charge in [-0.05, 0) is 82.6 Å². The lowest BCUT2D eigenvalue weighted by Crippen LogP contribution is -2.29. The number of ether oxygens (including phenoxy) is 1. The van der Waals surface area contributed by atoms with Gasteiger partial charge in [-0.25, -0.2) is 0 Å². The second-order valence-electron chi connectivity index (χ2n) is 10.5. The van der Waals surface area contributed by atoms with Gasteiger partial charge in [-0.1, -0.05) is 11.2 Å². The van der Waals surface area contributed by atoms with Crippen LogP contribution in [0.5, 0.6) is 0 Å². The fraction of sp³-hybridized carbons (Fsp3) is 0.429. The third-order valence-corrected chi connectivity index (χ3v) is 8.32. The fourth-order valence-corrected chi connectivity index (χ4v) is 6.73. The summed E-state index contributed by atoms with van der Waals surface area (Å²) in [5, 5.41) is 15.3. The summed E-state index contributed by atoms with van der Waals surface area (Å²) in [6.07, 6.45) is 5.61. The van der Waals surface area contributed by atoms with Crippen LogP contribution in [-0.2, 0) is 10.3 Å². The van der Waals surface area contributed by atoms with E-state index in [1.165, 1.54) is 11.5 Å². The van der Waals surface area contributed by atoms with Crippen molar-refractivity contribution in [1.82, 2.24) is 24.1 Å². The van der Waals surface area contributed by atoms with E-state index in [0.29, 0.717) is 11.6 Å². The second kappa shape index (κ2) is 9.01. The van der Waals surface area contributed by atoms with Crippen molar-refractivity contribution < 1.29 is 14.4 Å². The summed E-state index contributed by atoms with van der Waals surface area (Å²) in [6, 6.07) is 6.22. The van der Waals surface area contributed by atoms with E-state index in [0.717, 1.165) is 81.1 Å². The van der Waals surface area contributed by atoms with Gasteiger partial charge < -0.3 is 18.9 Å². The Morgan fingerprint density at radius 2 is 1.95 bits per heavy atom. The molecule has 6 rings (SSSR count). The average molecular weight is 518 g/mol. The largest absolute Gasteiger partial charge is 0.384 e. The second-order valence-corrected chi connectivity index (χ2v) is 11.3. The molecule has 1 saturated heterocycles.